The third kappa shape index (κ3) is 3.00. The van der Waals surface area contributed by atoms with E-state index in [4.69, 9.17) is 11.6 Å². The van der Waals surface area contributed by atoms with E-state index in [0.717, 1.165) is 22.2 Å². The highest BCUT2D eigenvalue weighted by Crippen LogP contribution is 2.24. The van der Waals surface area contributed by atoms with E-state index in [-0.39, 0.29) is 6.04 Å². The van der Waals surface area contributed by atoms with Gasteiger partial charge in [0.2, 0.25) is 5.95 Å². The Kier molecular flexibility index (Phi) is 4.16. The molecule has 2 aromatic carbocycles. The summed E-state index contributed by atoms with van der Waals surface area (Å²) in [6.07, 6.45) is 1.90. The van der Waals surface area contributed by atoms with Crippen molar-refractivity contribution in [2.45, 2.75) is 13.0 Å². The minimum absolute atomic E-state index is 0.155. The Balaban J connectivity index is 1.82. The Morgan fingerprint density at radius 1 is 1.05 bits per heavy atom. The Bertz CT molecular complexity index is 748. The number of nitrogens with zero attached hydrogens (tertiary/aromatic N) is 2. The van der Waals surface area contributed by atoms with Crippen molar-refractivity contribution in [2.75, 3.05) is 5.32 Å². The lowest BCUT2D eigenvalue weighted by Crippen LogP contribution is -2.10. The molecule has 0 radical (unpaired) electrons. The van der Waals surface area contributed by atoms with E-state index in [0.29, 0.717) is 0 Å². The molecular formula is C18H18ClN3. The van der Waals surface area contributed by atoms with E-state index < -0.39 is 0 Å². The second kappa shape index (κ2) is 6.24. The van der Waals surface area contributed by atoms with E-state index in [2.05, 4.69) is 33.9 Å². The molecule has 1 N–H and O–H groups in total. The normalized spacial score (nSPS) is 12.1. The van der Waals surface area contributed by atoms with E-state index in [9.17, 15) is 0 Å². The van der Waals surface area contributed by atoms with Gasteiger partial charge in [0, 0.05) is 12.1 Å². The third-order valence-corrected chi connectivity index (χ3v) is 4.03. The van der Waals surface area contributed by atoms with Gasteiger partial charge in [0.15, 0.2) is 0 Å². The SMILES string of the molecule is CC(Nc1ncc(-c2ccccc2)n1C)c1ccc(Cl)cc1. The summed E-state index contributed by atoms with van der Waals surface area (Å²) < 4.78 is 2.07. The number of benzene rings is 2. The Morgan fingerprint density at radius 3 is 2.41 bits per heavy atom. The van der Waals surface area contributed by atoms with Gasteiger partial charge in [0.25, 0.3) is 0 Å². The van der Waals surface area contributed by atoms with Crippen LogP contribution in [0, 0.1) is 0 Å². The molecule has 0 amide bonds. The highest BCUT2D eigenvalue weighted by Gasteiger charge is 2.11. The molecule has 0 bridgehead atoms. The van der Waals surface area contributed by atoms with Crippen LogP contribution in [0.25, 0.3) is 11.3 Å². The smallest absolute Gasteiger partial charge is 0.203 e. The van der Waals surface area contributed by atoms with Crippen LogP contribution in [0.5, 0.6) is 0 Å². The number of hydrogen-bond acceptors (Lipinski definition) is 2. The van der Waals surface area contributed by atoms with Crippen LogP contribution in [0.1, 0.15) is 18.5 Å². The molecule has 1 unspecified atom stereocenters. The van der Waals surface area contributed by atoms with Crippen LogP contribution >= 0.6 is 11.6 Å². The lowest BCUT2D eigenvalue weighted by atomic mass is 10.1. The minimum Gasteiger partial charge on any atom is -0.349 e. The largest absolute Gasteiger partial charge is 0.349 e. The molecule has 0 aliphatic carbocycles. The van der Waals surface area contributed by atoms with E-state index >= 15 is 0 Å². The first-order valence-electron chi connectivity index (χ1n) is 7.24. The molecule has 112 valence electrons. The quantitative estimate of drug-likeness (QED) is 0.741. The van der Waals surface area contributed by atoms with Crippen LogP contribution < -0.4 is 5.32 Å². The van der Waals surface area contributed by atoms with Gasteiger partial charge in [-0.3, -0.25) is 0 Å². The van der Waals surface area contributed by atoms with Crippen LogP contribution in [0.2, 0.25) is 5.02 Å². The van der Waals surface area contributed by atoms with Gasteiger partial charge in [-0.1, -0.05) is 54.1 Å². The molecule has 1 heterocycles. The number of rotatable bonds is 4. The molecule has 0 saturated heterocycles. The number of halogens is 1. The molecule has 4 heteroatoms. The van der Waals surface area contributed by atoms with Gasteiger partial charge in [-0.15, -0.1) is 0 Å². The van der Waals surface area contributed by atoms with E-state index in [1.165, 1.54) is 5.56 Å². The number of imidazole rings is 1. The van der Waals surface area contributed by atoms with Crippen molar-refractivity contribution in [3.05, 3.63) is 71.4 Å². The first kappa shape index (κ1) is 14.7. The lowest BCUT2D eigenvalue weighted by Gasteiger charge is -2.16. The monoisotopic (exact) mass is 311 g/mol. The zero-order valence-electron chi connectivity index (χ0n) is 12.6. The molecule has 3 rings (SSSR count). The summed E-state index contributed by atoms with van der Waals surface area (Å²) in [6.45, 7) is 2.11. The standard InChI is InChI=1S/C18H18ClN3/c1-13(14-8-10-16(19)11-9-14)21-18-20-12-17(22(18)2)15-6-4-3-5-7-15/h3-13H,1-2H3,(H,20,21). The van der Waals surface area contributed by atoms with Gasteiger partial charge < -0.3 is 9.88 Å². The van der Waals surface area contributed by atoms with Crippen molar-refractivity contribution in [1.29, 1.82) is 0 Å². The first-order chi connectivity index (χ1) is 10.6. The van der Waals surface area contributed by atoms with Crippen molar-refractivity contribution in [3.8, 4) is 11.3 Å². The van der Waals surface area contributed by atoms with Crippen molar-refractivity contribution in [1.82, 2.24) is 9.55 Å². The summed E-state index contributed by atoms with van der Waals surface area (Å²) in [5, 5.41) is 4.19. The average molecular weight is 312 g/mol. The van der Waals surface area contributed by atoms with E-state index in [1.807, 2.05) is 55.7 Å². The summed E-state index contributed by atoms with van der Waals surface area (Å²) in [5.41, 5.74) is 3.42. The predicted molar refractivity (Wildman–Crippen MR) is 92.1 cm³/mol. The summed E-state index contributed by atoms with van der Waals surface area (Å²) in [7, 11) is 2.02. The topological polar surface area (TPSA) is 29.9 Å². The molecular weight excluding hydrogens is 294 g/mol. The highest BCUT2D eigenvalue weighted by atomic mass is 35.5. The van der Waals surface area contributed by atoms with Gasteiger partial charge in [0.1, 0.15) is 0 Å². The molecule has 0 spiro atoms. The molecule has 0 aliphatic heterocycles. The molecule has 0 fully saturated rings. The summed E-state index contributed by atoms with van der Waals surface area (Å²) in [5.74, 6) is 0.848. The molecule has 3 aromatic rings. The Labute approximate surface area is 135 Å². The van der Waals surface area contributed by atoms with Crippen LogP contribution in [0.3, 0.4) is 0 Å². The van der Waals surface area contributed by atoms with Gasteiger partial charge in [-0.2, -0.15) is 0 Å². The Morgan fingerprint density at radius 2 is 1.73 bits per heavy atom. The molecule has 0 aliphatic rings. The maximum Gasteiger partial charge on any atom is 0.203 e. The summed E-state index contributed by atoms with van der Waals surface area (Å²) >= 11 is 5.94. The zero-order chi connectivity index (χ0) is 15.5. The van der Waals surface area contributed by atoms with Gasteiger partial charge in [0.05, 0.1) is 17.9 Å². The van der Waals surface area contributed by atoms with Gasteiger partial charge in [-0.25, -0.2) is 4.98 Å². The van der Waals surface area contributed by atoms with Crippen molar-refractivity contribution in [3.63, 3.8) is 0 Å². The maximum absolute atomic E-state index is 5.94. The zero-order valence-corrected chi connectivity index (χ0v) is 13.4. The number of aromatic nitrogens is 2. The fraction of sp³-hybridized carbons (Fsp3) is 0.167. The molecule has 3 nitrogen and oxygen atoms in total. The highest BCUT2D eigenvalue weighted by molar-refractivity contribution is 6.30. The number of hydrogen-bond donors (Lipinski definition) is 1. The van der Waals surface area contributed by atoms with Crippen LogP contribution in [-0.2, 0) is 7.05 Å². The molecule has 1 atom stereocenters. The van der Waals surface area contributed by atoms with Crippen LogP contribution in [-0.4, -0.2) is 9.55 Å². The van der Waals surface area contributed by atoms with E-state index in [1.54, 1.807) is 0 Å². The van der Waals surface area contributed by atoms with Crippen LogP contribution in [0.4, 0.5) is 5.95 Å². The second-order valence-corrected chi connectivity index (χ2v) is 5.75. The minimum atomic E-state index is 0.155. The second-order valence-electron chi connectivity index (χ2n) is 5.31. The average Bonchev–Trinajstić information content (AvgIpc) is 2.90. The predicted octanol–water partition coefficient (Wildman–Crippen LogP) is 4.91. The van der Waals surface area contributed by atoms with Gasteiger partial charge >= 0.3 is 0 Å². The first-order valence-corrected chi connectivity index (χ1v) is 7.62. The van der Waals surface area contributed by atoms with Crippen LogP contribution in [0.15, 0.2) is 60.8 Å². The maximum atomic E-state index is 5.94. The molecule has 1 aromatic heterocycles. The summed E-state index contributed by atoms with van der Waals surface area (Å²) in [6, 6.07) is 18.3. The number of nitrogens with one attached hydrogen (secondary N) is 1. The molecule has 0 saturated carbocycles. The molecule has 22 heavy (non-hydrogen) atoms. The van der Waals surface area contributed by atoms with Crippen molar-refractivity contribution >= 4 is 17.5 Å². The fourth-order valence-electron chi connectivity index (χ4n) is 2.45. The number of anilines is 1. The van der Waals surface area contributed by atoms with Crippen molar-refractivity contribution in [2.24, 2.45) is 7.05 Å². The third-order valence-electron chi connectivity index (χ3n) is 3.77. The fourth-order valence-corrected chi connectivity index (χ4v) is 2.58. The van der Waals surface area contributed by atoms with Gasteiger partial charge in [-0.05, 0) is 30.2 Å². The lowest BCUT2D eigenvalue weighted by molar-refractivity contribution is 0.826. The van der Waals surface area contributed by atoms with Crippen molar-refractivity contribution < 1.29 is 0 Å². The summed E-state index contributed by atoms with van der Waals surface area (Å²) in [4.78, 5) is 4.50. The Hall–Kier alpha value is -2.26.